The van der Waals surface area contributed by atoms with E-state index < -0.39 is 0 Å². The molecule has 2 heteroatoms. The molecule has 1 rings (SSSR count). The molecule has 0 aromatic carbocycles. The lowest BCUT2D eigenvalue weighted by Crippen LogP contribution is -2.40. The summed E-state index contributed by atoms with van der Waals surface area (Å²) in [5.41, 5.74) is 0. The fraction of sp³-hybridized carbons (Fsp3) is 0.833. The summed E-state index contributed by atoms with van der Waals surface area (Å²) in [4.78, 5) is 0. The Kier molecular flexibility index (Phi) is 5.20. The molecule has 3 atom stereocenters. The Morgan fingerprint density at radius 3 is 3.00 bits per heavy atom. The van der Waals surface area contributed by atoms with Crippen LogP contribution in [0.5, 0.6) is 0 Å². The molecule has 0 spiro atoms. The van der Waals surface area contributed by atoms with Gasteiger partial charge in [-0.3, -0.25) is 0 Å². The molecular formula is C12H23NO. The second-order valence-electron chi connectivity index (χ2n) is 4.45. The molecule has 1 aliphatic carbocycles. The first kappa shape index (κ1) is 11.7. The first-order valence-corrected chi connectivity index (χ1v) is 5.77. The summed E-state index contributed by atoms with van der Waals surface area (Å²) >= 11 is 0. The van der Waals surface area contributed by atoms with Crippen molar-refractivity contribution in [2.24, 2.45) is 0 Å². The number of nitrogens with one attached hydrogen (secondary N) is 1. The fourth-order valence-corrected chi connectivity index (χ4v) is 2.17. The summed E-state index contributed by atoms with van der Waals surface area (Å²) < 4.78 is 0. The quantitative estimate of drug-likeness (QED) is 0.662. The SMILES string of the molecule is C=CCCC(C)NC1CCCC(O)C1. The van der Waals surface area contributed by atoms with Crippen LogP contribution in [0, 0.1) is 0 Å². The zero-order chi connectivity index (χ0) is 10.4. The van der Waals surface area contributed by atoms with E-state index in [-0.39, 0.29) is 6.10 Å². The van der Waals surface area contributed by atoms with Gasteiger partial charge in [0.25, 0.3) is 0 Å². The third-order valence-electron chi connectivity index (χ3n) is 2.97. The Morgan fingerprint density at radius 2 is 2.36 bits per heavy atom. The molecule has 0 aromatic rings. The van der Waals surface area contributed by atoms with Crippen LogP contribution in [0.1, 0.15) is 45.4 Å². The van der Waals surface area contributed by atoms with Crippen LogP contribution in [0.2, 0.25) is 0 Å². The van der Waals surface area contributed by atoms with Crippen molar-refractivity contribution in [2.75, 3.05) is 0 Å². The van der Waals surface area contributed by atoms with E-state index in [1.165, 1.54) is 6.42 Å². The smallest absolute Gasteiger partial charge is 0.0555 e. The van der Waals surface area contributed by atoms with Gasteiger partial charge in [-0.2, -0.15) is 0 Å². The van der Waals surface area contributed by atoms with Crippen LogP contribution in [0.15, 0.2) is 12.7 Å². The average molecular weight is 197 g/mol. The van der Waals surface area contributed by atoms with Crippen LogP contribution >= 0.6 is 0 Å². The molecule has 1 fully saturated rings. The molecule has 0 aromatic heterocycles. The molecule has 2 N–H and O–H groups in total. The van der Waals surface area contributed by atoms with Crippen LogP contribution in [-0.4, -0.2) is 23.3 Å². The monoisotopic (exact) mass is 197 g/mol. The van der Waals surface area contributed by atoms with Crippen molar-refractivity contribution < 1.29 is 5.11 Å². The average Bonchev–Trinajstić information content (AvgIpc) is 2.15. The van der Waals surface area contributed by atoms with Crippen molar-refractivity contribution in [3.63, 3.8) is 0 Å². The summed E-state index contributed by atoms with van der Waals surface area (Å²) in [7, 11) is 0. The van der Waals surface area contributed by atoms with Crippen molar-refractivity contribution in [1.29, 1.82) is 0 Å². The lowest BCUT2D eigenvalue weighted by Gasteiger charge is -2.29. The summed E-state index contributed by atoms with van der Waals surface area (Å²) in [6.07, 6.45) is 8.40. The van der Waals surface area contributed by atoms with Gasteiger partial charge >= 0.3 is 0 Å². The van der Waals surface area contributed by atoms with E-state index in [1.54, 1.807) is 0 Å². The van der Waals surface area contributed by atoms with Crippen molar-refractivity contribution in [2.45, 2.75) is 63.6 Å². The Hall–Kier alpha value is -0.340. The molecule has 0 saturated heterocycles. The molecule has 0 radical (unpaired) electrons. The normalized spacial score (nSPS) is 29.9. The van der Waals surface area contributed by atoms with Gasteiger partial charge in [0.15, 0.2) is 0 Å². The molecule has 3 unspecified atom stereocenters. The third kappa shape index (κ3) is 4.25. The number of aliphatic hydroxyl groups excluding tert-OH is 1. The molecule has 0 amide bonds. The van der Waals surface area contributed by atoms with E-state index in [1.807, 2.05) is 6.08 Å². The van der Waals surface area contributed by atoms with Crippen molar-refractivity contribution >= 4 is 0 Å². The third-order valence-corrected chi connectivity index (χ3v) is 2.97. The highest BCUT2D eigenvalue weighted by atomic mass is 16.3. The van der Waals surface area contributed by atoms with Crippen LogP contribution in [-0.2, 0) is 0 Å². The number of hydrogen-bond donors (Lipinski definition) is 2. The summed E-state index contributed by atoms with van der Waals surface area (Å²) in [5, 5.41) is 13.1. The minimum absolute atomic E-state index is 0.0761. The van der Waals surface area contributed by atoms with E-state index >= 15 is 0 Å². The first-order valence-electron chi connectivity index (χ1n) is 5.77. The standard InChI is InChI=1S/C12H23NO/c1-3-4-6-10(2)13-11-7-5-8-12(14)9-11/h3,10-14H,1,4-9H2,2H3. The summed E-state index contributed by atoms with van der Waals surface area (Å²) in [6, 6.07) is 1.07. The number of rotatable bonds is 5. The summed E-state index contributed by atoms with van der Waals surface area (Å²) in [6.45, 7) is 5.94. The van der Waals surface area contributed by atoms with Crippen LogP contribution in [0.4, 0.5) is 0 Å². The molecule has 1 aliphatic rings. The highest BCUT2D eigenvalue weighted by Crippen LogP contribution is 2.19. The molecule has 82 valence electrons. The molecule has 0 heterocycles. The highest BCUT2D eigenvalue weighted by Gasteiger charge is 2.20. The second kappa shape index (κ2) is 6.20. The van der Waals surface area contributed by atoms with E-state index in [4.69, 9.17) is 0 Å². The largest absolute Gasteiger partial charge is 0.393 e. The van der Waals surface area contributed by atoms with Gasteiger partial charge in [-0.05, 0) is 45.4 Å². The minimum atomic E-state index is -0.0761. The number of allylic oxidation sites excluding steroid dienone is 1. The van der Waals surface area contributed by atoms with Gasteiger partial charge in [-0.25, -0.2) is 0 Å². The van der Waals surface area contributed by atoms with Crippen molar-refractivity contribution in [3.05, 3.63) is 12.7 Å². The fourth-order valence-electron chi connectivity index (χ4n) is 2.17. The molecule has 14 heavy (non-hydrogen) atoms. The second-order valence-corrected chi connectivity index (χ2v) is 4.45. The maximum absolute atomic E-state index is 9.51. The maximum atomic E-state index is 9.51. The molecule has 2 nitrogen and oxygen atoms in total. The van der Waals surface area contributed by atoms with Gasteiger partial charge in [0.05, 0.1) is 6.10 Å². The Labute approximate surface area is 87.4 Å². The van der Waals surface area contributed by atoms with E-state index in [0.29, 0.717) is 12.1 Å². The Morgan fingerprint density at radius 1 is 1.57 bits per heavy atom. The Bertz CT molecular complexity index is 170. The predicted molar refractivity (Wildman–Crippen MR) is 60.3 cm³/mol. The van der Waals surface area contributed by atoms with Gasteiger partial charge in [-0.1, -0.05) is 6.08 Å². The van der Waals surface area contributed by atoms with E-state index in [2.05, 4.69) is 18.8 Å². The van der Waals surface area contributed by atoms with Crippen molar-refractivity contribution in [1.82, 2.24) is 5.32 Å². The molecule has 1 saturated carbocycles. The summed E-state index contributed by atoms with van der Waals surface area (Å²) in [5.74, 6) is 0. The Balaban J connectivity index is 2.18. The van der Waals surface area contributed by atoms with Gasteiger partial charge < -0.3 is 10.4 Å². The van der Waals surface area contributed by atoms with Crippen LogP contribution in [0.3, 0.4) is 0 Å². The van der Waals surface area contributed by atoms with Crippen LogP contribution in [0.25, 0.3) is 0 Å². The van der Waals surface area contributed by atoms with Gasteiger partial charge in [0.1, 0.15) is 0 Å². The maximum Gasteiger partial charge on any atom is 0.0555 e. The lowest BCUT2D eigenvalue weighted by molar-refractivity contribution is 0.109. The van der Waals surface area contributed by atoms with Crippen molar-refractivity contribution in [3.8, 4) is 0 Å². The molecule has 0 aliphatic heterocycles. The lowest BCUT2D eigenvalue weighted by atomic mass is 9.92. The zero-order valence-corrected chi connectivity index (χ0v) is 9.21. The molecular weight excluding hydrogens is 174 g/mol. The molecule has 0 bridgehead atoms. The van der Waals surface area contributed by atoms with Gasteiger partial charge in [0.2, 0.25) is 0 Å². The number of hydrogen-bond acceptors (Lipinski definition) is 2. The minimum Gasteiger partial charge on any atom is -0.393 e. The predicted octanol–water partition coefficient (Wildman–Crippen LogP) is 2.23. The highest BCUT2D eigenvalue weighted by molar-refractivity contribution is 4.80. The topological polar surface area (TPSA) is 32.3 Å². The van der Waals surface area contributed by atoms with Crippen LogP contribution < -0.4 is 5.32 Å². The first-order chi connectivity index (χ1) is 6.72. The number of aliphatic hydroxyl groups is 1. The van der Waals surface area contributed by atoms with Gasteiger partial charge in [-0.15, -0.1) is 6.58 Å². The van der Waals surface area contributed by atoms with E-state index in [9.17, 15) is 5.11 Å². The zero-order valence-electron chi connectivity index (χ0n) is 9.21. The van der Waals surface area contributed by atoms with Gasteiger partial charge in [0, 0.05) is 12.1 Å². The van der Waals surface area contributed by atoms with E-state index in [0.717, 1.165) is 32.1 Å².